The normalized spacial score (nSPS) is 12.2. The number of thioether (sulfide) groups is 1. The van der Waals surface area contributed by atoms with Gasteiger partial charge in [-0.05, 0) is 32.2 Å². The number of hydrogen-bond acceptors (Lipinski definition) is 5. The molecule has 96 valence electrons. The molecule has 0 bridgehead atoms. The summed E-state index contributed by atoms with van der Waals surface area (Å²) in [5.41, 5.74) is 6.39. The highest BCUT2D eigenvalue weighted by Gasteiger charge is 2.12. The average molecular weight is 255 g/mol. The first-order chi connectivity index (χ1) is 8.10. The summed E-state index contributed by atoms with van der Waals surface area (Å²) in [4.78, 5) is 6.57. The minimum Gasteiger partial charge on any atom is -0.476 e. The Bertz CT molecular complexity index is 360. The number of anilines is 2. The number of aromatic nitrogens is 1. The Labute approximate surface area is 108 Å². The van der Waals surface area contributed by atoms with Crippen molar-refractivity contribution in [3.63, 3.8) is 0 Å². The van der Waals surface area contributed by atoms with E-state index in [1.165, 1.54) is 0 Å². The van der Waals surface area contributed by atoms with Crippen molar-refractivity contribution in [2.45, 2.75) is 19.9 Å². The van der Waals surface area contributed by atoms with Crippen LogP contribution in [0.1, 0.15) is 13.8 Å². The number of rotatable bonds is 6. The number of ether oxygens (including phenoxy) is 1. The Morgan fingerprint density at radius 2 is 2.24 bits per heavy atom. The second kappa shape index (κ2) is 6.59. The van der Waals surface area contributed by atoms with Crippen molar-refractivity contribution < 1.29 is 4.74 Å². The van der Waals surface area contributed by atoms with E-state index < -0.39 is 0 Å². The SMILES string of the molecule is CCOc1nc(N(C)C(C)CSC)ccc1N. The van der Waals surface area contributed by atoms with Crippen LogP contribution in [0.2, 0.25) is 0 Å². The first kappa shape index (κ1) is 14.0. The molecular formula is C12H21N3OS. The lowest BCUT2D eigenvalue weighted by molar-refractivity contribution is 0.329. The Balaban J connectivity index is 2.86. The van der Waals surface area contributed by atoms with Crippen molar-refractivity contribution in [1.29, 1.82) is 0 Å². The third-order valence-corrected chi connectivity index (χ3v) is 3.40. The fraction of sp³-hybridized carbons (Fsp3) is 0.583. The van der Waals surface area contributed by atoms with Crippen LogP contribution in [-0.2, 0) is 0 Å². The Morgan fingerprint density at radius 3 is 2.82 bits per heavy atom. The fourth-order valence-corrected chi connectivity index (χ4v) is 2.18. The first-order valence-electron chi connectivity index (χ1n) is 5.71. The van der Waals surface area contributed by atoms with Gasteiger partial charge in [-0.15, -0.1) is 0 Å². The Kier molecular flexibility index (Phi) is 5.41. The molecule has 0 amide bonds. The van der Waals surface area contributed by atoms with Crippen molar-refractivity contribution in [1.82, 2.24) is 4.98 Å². The lowest BCUT2D eigenvalue weighted by atomic mass is 10.3. The maximum Gasteiger partial charge on any atom is 0.239 e. The molecule has 1 atom stereocenters. The molecule has 0 aliphatic rings. The van der Waals surface area contributed by atoms with Crippen molar-refractivity contribution in [2.24, 2.45) is 0 Å². The molecule has 0 saturated heterocycles. The number of nitrogens with zero attached hydrogens (tertiary/aromatic N) is 2. The maximum atomic E-state index is 5.80. The minimum absolute atomic E-state index is 0.426. The number of nitrogens with two attached hydrogens (primary N) is 1. The van der Waals surface area contributed by atoms with Crippen LogP contribution >= 0.6 is 11.8 Å². The molecule has 0 aliphatic heterocycles. The van der Waals surface area contributed by atoms with E-state index in [9.17, 15) is 0 Å². The van der Waals surface area contributed by atoms with Gasteiger partial charge in [0.05, 0.1) is 12.3 Å². The summed E-state index contributed by atoms with van der Waals surface area (Å²) in [7, 11) is 2.04. The van der Waals surface area contributed by atoms with E-state index in [0.717, 1.165) is 11.6 Å². The third kappa shape index (κ3) is 3.70. The predicted molar refractivity (Wildman–Crippen MR) is 76.1 cm³/mol. The lowest BCUT2D eigenvalue weighted by Gasteiger charge is -2.25. The average Bonchev–Trinajstić information content (AvgIpc) is 2.31. The van der Waals surface area contributed by atoms with Gasteiger partial charge in [0.15, 0.2) is 0 Å². The topological polar surface area (TPSA) is 51.4 Å². The van der Waals surface area contributed by atoms with Gasteiger partial charge in [-0.2, -0.15) is 16.7 Å². The molecule has 17 heavy (non-hydrogen) atoms. The predicted octanol–water partition coefficient (Wildman–Crippen LogP) is 2.25. The van der Waals surface area contributed by atoms with Crippen molar-refractivity contribution in [2.75, 3.05) is 36.3 Å². The monoisotopic (exact) mass is 255 g/mol. The van der Waals surface area contributed by atoms with Crippen LogP contribution in [0.4, 0.5) is 11.5 Å². The largest absolute Gasteiger partial charge is 0.476 e. The number of pyridine rings is 1. The number of hydrogen-bond donors (Lipinski definition) is 1. The zero-order valence-corrected chi connectivity index (χ0v) is 11.8. The fourth-order valence-electron chi connectivity index (χ4n) is 1.47. The van der Waals surface area contributed by atoms with Gasteiger partial charge in [-0.1, -0.05) is 0 Å². The second-order valence-corrected chi connectivity index (χ2v) is 4.82. The molecule has 0 saturated carbocycles. The molecule has 0 radical (unpaired) electrons. The Morgan fingerprint density at radius 1 is 1.53 bits per heavy atom. The summed E-state index contributed by atoms with van der Waals surface area (Å²) in [6.45, 7) is 4.67. The molecule has 0 fully saturated rings. The van der Waals surface area contributed by atoms with Crippen molar-refractivity contribution >= 4 is 23.3 Å². The van der Waals surface area contributed by atoms with E-state index >= 15 is 0 Å². The van der Waals surface area contributed by atoms with E-state index in [-0.39, 0.29) is 0 Å². The zero-order valence-electron chi connectivity index (χ0n) is 10.9. The summed E-state index contributed by atoms with van der Waals surface area (Å²) in [6, 6.07) is 4.19. The van der Waals surface area contributed by atoms with Gasteiger partial charge in [0.1, 0.15) is 5.82 Å². The Hall–Kier alpha value is -1.10. The summed E-state index contributed by atoms with van der Waals surface area (Å²) in [6.07, 6.45) is 2.10. The quantitative estimate of drug-likeness (QED) is 0.845. The van der Waals surface area contributed by atoms with Crippen LogP contribution in [0, 0.1) is 0 Å². The number of nitrogen functional groups attached to an aromatic ring is 1. The molecule has 1 heterocycles. The molecule has 5 heteroatoms. The molecule has 0 spiro atoms. The molecule has 2 N–H and O–H groups in total. The summed E-state index contributed by atoms with van der Waals surface area (Å²) >= 11 is 1.82. The van der Waals surface area contributed by atoms with Gasteiger partial charge >= 0.3 is 0 Å². The smallest absolute Gasteiger partial charge is 0.239 e. The molecule has 0 aromatic carbocycles. The van der Waals surface area contributed by atoms with E-state index in [4.69, 9.17) is 10.5 Å². The standard InChI is InChI=1S/C12H21N3OS/c1-5-16-12-10(13)6-7-11(14-12)15(3)9(2)8-17-4/h6-7,9H,5,8,13H2,1-4H3. The van der Waals surface area contributed by atoms with Crippen LogP contribution in [0.3, 0.4) is 0 Å². The van der Waals surface area contributed by atoms with Gasteiger partial charge in [0, 0.05) is 18.8 Å². The molecule has 1 aromatic heterocycles. The van der Waals surface area contributed by atoms with Gasteiger partial charge in [-0.25, -0.2) is 0 Å². The summed E-state index contributed by atoms with van der Waals surface area (Å²) in [5.74, 6) is 2.48. The molecule has 1 unspecified atom stereocenters. The van der Waals surface area contributed by atoms with Crippen LogP contribution < -0.4 is 15.4 Å². The molecular weight excluding hydrogens is 234 g/mol. The summed E-state index contributed by atoms with van der Waals surface area (Å²) in [5, 5.41) is 0. The molecule has 1 rings (SSSR count). The highest BCUT2D eigenvalue weighted by atomic mass is 32.2. The van der Waals surface area contributed by atoms with Crippen LogP contribution in [0.5, 0.6) is 5.88 Å². The van der Waals surface area contributed by atoms with E-state index in [1.807, 2.05) is 37.9 Å². The van der Waals surface area contributed by atoms with Crippen LogP contribution in [0.25, 0.3) is 0 Å². The van der Waals surface area contributed by atoms with Gasteiger partial charge < -0.3 is 15.4 Å². The first-order valence-corrected chi connectivity index (χ1v) is 7.10. The van der Waals surface area contributed by atoms with Crippen molar-refractivity contribution in [3.05, 3.63) is 12.1 Å². The van der Waals surface area contributed by atoms with Gasteiger partial charge in [0.25, 0.3) is 0 Å². The highest BCUT2D eigenvalue weighted by Crippen LogP contribution is 2.23. The maximum absolute atomic E-state index is 5.80. The van der Waals surface area contributed by atoms with Crippen molar-refractivity contribution in [3.8, 4) is 5.88 Å². The molecule has 4 nitrogen and oxygen atoms in total. The molecule has 1 aromatic rings. The van der Waals surface area contributed by atoms with Gasteiger partial charge in [-0.3, -0.25) is 0 Å². The third-order valence-electron chi connectivity index (χ3n) is 2.59. The van der Waals surface area contributed by atoms with E-state index in [1.54, 1.807) is 0 Å². The van der Waals surface area contributed by atoms with E-state index in [0.29, 0.717) is 24.2 Å². The molecule has 0 aliphatic carbocycles. The van der Waals surface area contributed by atoms with Gasteiger partial charge in [0.2, 0.25) is 5.88 Å². The minimum atomic E-state index is 0.426. The zero-order chi connectivity index (χ0) is 12.8. The lowest BCUT2D eigenvalue weighted by Crippen LogP contribution is -2.31. The van der Waals surface area contributed by atoms with Crippen LogP contribution in [-0.4, -0.2) is 36.7 Å². The van der Waals surface area contributed by atoms with E-state index in [2.05, 4.69) is 23.1 Å². The summed E-state index contributed by atoms with van der Waals surface area (Å²) < 4.78 is 5.40. The van der Waals surface area contributed by atoms with Crippen LogP contribution in [0.15, 0.2) is 12.1 Å². The second-order valence-electron chi connectivity index (χ2n) is 3.91. The highest BCUT2D eigenvalue weighted by molar-refractivity contribution is 7.98.